The van der Waals surface area contributed by atoms with E-state index in [2.05, 4.69) is 0 Å². The lowest BCUT2D eigenvalue weighted by Gasteiger charge is -1.98. The Kier molecular flexibility index (Phi) is 2.92. The Balaban J connectivity index is 3.01. The maximum atomic E-state index is 11.2. The lowest BCUT2D eigenvalue weighted by atomic mass is 10.2. The molecule has 7 heteroatoms. The summed E-state index contributed by atoms with van der Waals surface area (Å²) in [4.78, 5) is 0.374. The Morgan fingerprint density at radius 3 is 2.50 bits per heavy atom. The predicted octanol–water partition coefficient (Wildman–Crippen LogP) is 3.76. The third-order valence-corrected chi connectivity index (χ3v) is 5.04. The second kappa shape index (κ2) is 3.85. The summed E-state index contributed by atoms with van der Waals surface area (Å²) in [5.74, 6) is 0. The van der Waals surface area contributed by atoms with Crippen LogP contribution in [0.1, 0.15) is 4.88 Å². The first-order valence-electron chi connectivity index (χ1n) is 4.16. The summed E-state index contributed by atoms with van der Waals surface area (Å²) in [7, 11) is -4.26. The summed E-state index contributed by atoms with van der Waals surface area (Å²) in [6.07, 6.45) is 0. The van der Waals surface area contributed by atoms with Gasteiger partial charge in [-0.25, -0.2) is 0 Å². The van der Waals surface area contributed by atoms with Crippen LogP contribution in [0.4, 0.5) is 0 Å². The minimum absolute atomic E-state index is 0.114. The molecular weight excluding hydrogens is 291 g/mol. The minimum atomic E-state index is -4.26. The van der Waals surface area contributed by atoms with Gasteiger partial charge in [-0.05, 0) is 19.1 Å². The van der Waals surface area contributed by atoms with Gasteiger partial charge in [-0.3, -0.25) is 4.55 Å². The van der Waals surface area contributed by atoms with Crippen LogP contribution in [0.2, 0.25) is 10.0 Å². The summed E-state index contributed by atoms with van der Waals surface area (Å²) in [5, 5.41) is 1.08. The van der Waals surface area contributed by atoms with Crippen LogP contribution in [0.5, 0.6) is 0 Å². The van der Waals surface area contributed by atoms with Crippen LogP contribution in [0.15, 0.2) is 17.0 Å². The second-order valence-electron chi connectivity index (χ2n) is 3.23. The molecule has 1 aromatic heterocycles. The van der Waals surface area contributed by atoms with Crippen molar-refractivity contribution in [1.29, 1.82) is 0 Å². The molecule has 0 spiro atoms. The molecule has 2 rings (SSSR count). The molecule has 0 bridgehead atoms. The van der Waals surface area contributed by atoms with Gasteiger partial charge in [-0.15, -0.1) is 11.3 Å². The third-order valence-electron chi connectivity index (χ3n) is 2.09. The summed E-state index contributed by atoms with van der Waals surface area (Å²) in [6, 6.07) is 3.02. The second-order valence-corrected chi connectivity index (χ2v) is 6.65. The van der Waals surface area contributed by atoms with Crippen LogP contribution < -0.4 is 0 Å². The van der Waals surface area contributed by atoms with Crippen LogP contribution in [0.3, 0.4) is 0 Å². The summed E-state index contributed by atoms with van der Waals surface area (Å²) < 4.78 is 32.2. The van der Waals surface area contributed by atoms with Crippen molar-refractivity contribution in [2.45, 2.75) is 11.8 Å². The zero-order valence-electron chi connectivity index (χ0n) is 7.99. The highest BCUT2D eigenvalue weighted by atomic mass is 35.5. The van der Waals surface area contributed by atoms with Crippen molar-refractivity contribution in [3.63, 3.8) is 0 Å². The van der Waals surface area contributed by atoms with E-state index < -0.39 is 10.1 Å². The number of aryl methyl sites for hydroxylation is 1. The average Bonchev–Trinajstić information content (AvgIpc) is 2.40. The molecule has 0 aliphatic heterocycles. The monoisotopic (exact) mass is 296 g/mol. The lowest BCUT2D eigenvalue weighted by Crippen LogP contribution is -1.98. The highest BCUT2D eigenvalue weighted by molar-refractivity contribution is 7.86. The van der Waals surface area contributed by atoms with E-state index in [9.17, 15) is 8.42 Å². The Hall–Kier alpha value is -0.330. The number of hydrogen-bond acceptors (Lipinski definition) is 3. The van der Waals surface area contributed by atoms with E-state index in [0.29, 0.717) is 25.0 Å². The predicted molar refractivity (Wildman–Crippen MR) is 66.4 cm³/mol. The number of thiophene rings is 1. The van der Waals surface area contributed by atoms with Gasteiger partial charge in [0.25, 0.3) is 10.1 Å². The maximum absolute atomic E-state index is 11.2. The lowest BCUT2D eigenvalue weighted by molar-refractivity contribution is 0.484. The highest BCUT2D eigenvalue weighted by Gasteiger charge is 2.21. The quantitative estimate of drug-likeness (QED) is 0.815. The molecule has 0 radical (unpaired) electrons. The molecule has 0 unspecified atom stereocenters. The molecular formula is C9H6Cl2O3S2. The van der Waals surface area contributed by atoms with Crippen molar-refractivity contribution in [2.24, 2.45) is 0 Å². The number of rotatable bonds is 1. The van der Waals surface area contributed by atoms with Crippen LogP contribution in [-0.2, 0) is 10.1 Å². The standard InChI is InChI=1S/C9H6Cl2O3S2/c1-4-9(16(12,13)14)6-2-5(10)3-7(11)8(6)15-4/h2-3H,1H3,(H,12,13,14). The SMILES string of the molecule is Cc1sc2c(Cl)cc(Cl)cc2c1S(=O)(=O)O. The molecule has 0 aliphatic rings. The smallest absolute Gasteiger partial charge is 0.282 e. The average molecular weight is 297 g/mol. The molecule has 1 aromatic carbocycles. The van der Waals surface area contributed by atoms with Crippen molar-refractivity contribution >= 4 is 54.7 Å². The Labute approximate surface area is 106 Å². The first-order chi connectivity index (χ1) is 7.30. The highest BCUT2D eigenvalue weighted by Crippen LogP contribution is 2.39. The van der Waals surface area contributed by atoms with E-state index >= 15 is 0 Å². The molecule has 1 heterocycles. The molecule has 0 atom stereocenters. The Morgan fingerprint density at radius 2 is 1.94 bits per heavy atom. The van der Waals surface area contributed by atoms with Gasteiger partial charge in [0.2, 0.25) is 0 Å². The number of benzene rings is 1. The van der Waals surface area contributed by atoms with Gasteiger partial charge in [0.15, 0.2) is 0 Å². The first-order valence-corrected chi connectivity index (χ1v) is 7.17. The fraction of sp³-hybridized carbons (Fsp3) is 0.111. The number of halogens is 2. The number of hydrogen-bond donors (Lipinski definition) is 1. The Morgan fingerprint density at radius 1 is 1.31 bits per heavy atom. The van der Waals surface area contributed by atoms with Crippen LogP contribution >= 0.6 is 34.5 Å². The zero-order valence-corrected chi connectivity index (χ0v) is 11.1. The zero-order chi connectivity index (χ0) is 12.1. The molecule has 0 amide bonds. The summed E-state index contributed by atoms with van der Waals surface area (Å²) in [5.41, 5.74) is 0. The van der Waals surface area contributed by atoms with Gasteiger partial charge in [0.05, 0.1) is 9.72 Å². The number of fused-ring (bicyclic) bond motifs is 1. The topological polar surface area (TPSA) is 54.4 Å². The summed E-state index contributed by atoms with van der Waals surface area (Å²) in [6.45, 7) is 1.61. The molecule has 0 saturated carbocycles. The van der Waals surface area contributed by atoms with E-state index in [4.69, 9.17) is 27.8 Å². The van der Waals surface area contributed by atoms with E-state index in [1.54, 1.807) is 6.92 Å². The molecule has 3 nitrogen and oxygen atoms in total. The van der Waals surface area contributed by atoms with E-state index in [-0.39, 0.29) is 4.90 Å². The normalized spacial score (nSPS) is 12.2. The molecule has 0 saturated heterocycles. The van der Waals surface area contributed by atoms with Crippen LogP contribution in [0.25, 0.3) is 10.1 Å². The van der Waals surface area contributed by atoms with Crippen LogP contribution in [-0.4, -0.2) is 13.0 Å². The molecule has 0 aliphatic carbocycles. The van der Waals surface area contributed by atoms with Gasteiger partial charge < -0.3 is 0 Å². The van der Waals surface area contributed by atoms with Gasteiger partial charge >= 0.3 is 0 Å². The van der Waals surface area contributed by atoms with E-state index in [1.807, 2.05) is 0 Å². The van der Waals surface area contributed by atoms with Crippen molar-refractivity contribution in [3.8, 4) is 0 Å². The summed E-state index contributed by atoms with van der Waals surface area (Å²) >= 11 is 13.0. The molecule has 16 heavy (non-hydrogen) atoms. The van der Waals surface area contributed by atoms with Crippen molar-refractivity contribution in [3.05, 3.63) is 27.1 Å². The van der Waals surface area contributed by atoms with Gasteiger partial charge in [0.1, 0.15) is 4.90 Å². The van der Waals surface area contributed by atoms with Gasteiger partial charge in [-0.1, -0.05) is 23.2 Å². The van der Waals surface area contributed by atoms with Crippen molar-refractivity contribution in [1.82, 2.24) is 0 Å². The molecule has 1 N–H and O–H groups in total. The van der Waals surface area contributed by atoms with Gasteiger partial charge in [-0.2, -0.15) is 8.42 Å². The van der Waals surface area contributed by atoms with Crippen molar-refractivity contribution < 1.29 is 13.0 Å². The molecule has 0 fully saturated rings. The third kappa shape index (κ3) is 1.94. The minimum Gasteiger partial charge on any atom is -0.282 e. The first kappa shape index (κ1) is 12.1. The van der Waals surface area contributed by atoms with Crippen LogP contribution in [0, 0.1) is 6.92 Å². The van der Waals surface area contributed by atoms with Crippen molar-refractivity contribution in [2.75, 3.05) is 0 Å². The fourth-order valence-electron chi connectivity index (χ4n) is 1.54. The Bertz CT molecular complexity index is 674. The molecule has 2 aromatic rings. The molecule has 86 valence electrons. The largest absolute Gasteiger partial charge is 0.296 e. The van der Waals surface area contributed by atoms with E-state index in [1.165, 1.54) is 23.5 Å². The van der Waals surface area contributed by atoms with Gasteiger partial charge in [0, 0.05) is 15.3 Å². The van der Waals surface area contributed by atoms with E-state index in [0.717, 1.165) is 0 Å². The fourth-order valence-corrected chi connectivity index (χ4v) is 4.40. The maximum Gasteiger partial charge on any atom is 0.296 e.